The standard InChI is InChI=1S/Ce.6ClH.Y/h;6*1H;/q+3;;;;;;;+3/p-6. The Morgan fingerprint density at radius 3 is 0.375 bits per heavy atom. The molecule has 0 aromatic rings. The van der Waals surface area contributed by atoms with Crippen LogP contribution in [0, 0.1) is 41.7 Å². The maximum absolute atomic E-state index is 0. The molecule has 0 amide bonds. The largest absolute Gasteiger partial charge is 3.00 e. The molecule has 0 atom stereocenters. The van der Waals surface area contributed by atoms with Gasteiger partial charge in [0.25, 0.3) is 0 Å². The van der Waals surface area contributed by atoms with E-state index >= 15 is 0 Å². The van der Waals surface area contributed by atoms with Crippen molar-refractivity contribution in [3.05, 3.63) is 0 Å². The summed E-state index contributed by atoms with van der Waals surface area (Å²) < 4.78 is 0. The van der Waals surface area contributed by atoms with Crippen molar-refractivity contribution in [2.45, 2.75) is 0 Å². The van der Waals surface area contributed by atoms with Gasteiger partial charge in [-0.05, 0) is 0 Å². The van der Waals surface area contributed by atoms with Crippen LogP contribution in [0.3, 0.4) is 0 Å². The number of rotatable bonds is 0. The molecule has 0 fully saturated rings. The van der Waals surface area contributed by atoms with Gasteiger partial charge in [-0.25, -0.2) is 0 Å². The summed E-state index contributed by atoms with van der Waals surface area (Å²) in [6.45, 7) is 0. The Labute approximate surface area is 146 Å². The molecule has 0 aromatic heterocycles. The molecule has 1 radical (unpaired) electrons. The van der Waals surface area contributed by atoms with Crippen molar-refractivity contribution in [1.29, 1.82) is 0 Å². The van der Waals surface area contributed by atoms with Gasteiger partial charge in [-0.15, -0.1) is 0 Å². The van der Waals surface area contributed by atoms with Gasteiger partial charge in [0.2, 0.25) is 0 Å². The van der Waals surface area contributed by atoms with Crippen molar-refractivity contribution >= 4 is 0 Å². The first kappa shape index (κ1) is 86.4. The van der Waals surface area contributed by atoms with E-state index in [0.717, 1.165) is 0 Å². The molecule has 0 aliphatic rings. The van der Waals surface area contributed by atoms with Crippen LogP contribution >= 0.6 is 0 Å². The molecule has 8 heteroatoms. The first-order valence-corrected chi connectivity index (χ1v) is 0. The molecule has 0 unspecified atom stereocenters. The second-order valence-corrected chi connectivity index (χ2v) is 0. The summed E-state index contributed by atoms with van der Waals surface area (Å²) in [5.41, 5.74) is 0. The quantitative estimate of drug-likeness (QED) is 0.350. The smallest absolute Gasteiger partial charge is 1.00 e. The molecule has 0 aromatic carbocycles. The fourth-order valence-corrected chi connectivity index (χ4v) is 0. The van der Waals surface area contributed by atoms with Gasteiger partial charge >= 0.3 is 74.5 Å². The molecular weight excluding hydrogens is 442 g/mol. The third-order valence-corrected chi connectivity index (χ3v) is 0. The fourth-order valence-electron chi connectivity index (χ4n) is 0. The van der Waals surface area contributed by atoms with Gasteiger partial charge in [0, 0.05) is 0 Å². The van der Waals surface area contributed by atoms with Gasteiger partial charge in [-0.2, -0.15) is 0 Å². The first-order valence-electron chi connectivity index (χ1n) is 0. The number of halogens is 6. The van der Waals surface area contributed by atoms with E-state index in [4.69, 9.17) is 0 Å². The summed E-state index contributed by atoms with van der Waals surface area (Å²) in [6, 6.07) is 0. The van der Waals surface area contributed by atoms with Crippen molar-refractivity contribution in [1.82, 2.24) is 0 Å². The normalized spacial score (nSPS) is 0. The monoisotopic (exact) mass is 439 g/mol. The average Bonchev–Trinajstić information content (AvgIpc) is 0. The van der Waals surface area contributed by atoms with Gasteiger partial charge in [0.1, 0.15) is 0 Å². The van der Waals surface area contributed by atoms with Crippen LogP contribution in [0.25, 0.3) is 0 Å². The molecule has 0 aliphatic heterocycles. The van der Waals surface area contributed by atoms with Crippen molar-refractivity contribution in [3.8, 4) is 0 Å². The van der Waals surface area contributed by atoms with Crippen LogP contribution in [0.4, 0.5) is 0 Å². The van der Waals surface area contributed by atoms with Crippen LogP contribution in [-0.2, 0) is 32.7 Å². The number of hydrogen-bond acceptors (Lipinski definition) is 0. The third kappa shape index (κ3) is 48.8. The maximum Gasteiger partial charge on any atom is 3.00 e. The fraction of sp³-hybridized carbons (Fsp3) is 0. The molecule has 0 rings (SSSR count). The topological polar surface area (TPSA) is 0 Å². The summed E-state index contributed by atoms with van der Waals surface area (Å²) in [7, 11) is 0. The van der Waals surface area contributed by atoms with Crippen molar-refractivity contribution in [2.24, 2.45) is 0 Å². The minimum Gasteiger partial charge on any atom is -1.00 e. The molecule has 0 heterocycles. The Kier molecular flexibility index (Phi) is 710. The van der Waals surface area contributed by atoms with Gasteiger partial charge in [0.05, 0.1) is 0 Å². The third-order valence-electron chi connectivity index (χ3n) is 0. The summed E-state index contributed by atoms with van der Waals surface area (Å²) in [6.07, 6.45) is 0. The van der Waals surface area contributed by atoms with E-state index in [0.29, 0.717) is 0 Å². The Morgan fingerprint density at radius 1 is 0.375 bits per heavy atom. The van der Waals surface area contributed by atoms with E-state index in [1.165, 1.54) is 0 Å². The van der Waals surface area contributed by atoms with Crippen molar-refractivity contribution < 1.29 is 149 Å². The van der Waals surface area contributed by atoms with Crippen LogP contribution in [0.5, 0.6) is 0 Å². The van der Waals surface area contributed by atoms with Gasteiger partial charge < -0.3 is 74.4 Å². The molecule has 0 aliphatic carbocycles. The predicted octanol–water partition coefficient (Wildman–Crippen LogP) is -18.0. The van der Waals surface area contributed by atoms with Crippen LogP contribution in [0.2, 0.25) is 0 Å². The second kappa shape index (κ2) is 65.8. The molecule has 0 spiro atoms. The summed E-state index contributed by atoms with van der Waals surface area (Å²) in [4.78, 5) is 0. The van der Waals surface area contributed by atoms with E-state index < -0.39 is 0 Å². The summed E-state index contributed by atoms with van der Waals surface area (Å²) in [5.74, 6) is 0. The number of hydrogen-bond donors (Lipinski definition) is 0. The SMILES string of the molecule is [Ce+3].[Cl-].[Cl-].[Cl-].[Cl-].[Cl-].[Cl-].[Y+3]. The molecular formula is CeCl6Y. The minimum atomic E-state index is 0. The first-order chi connectivity index (χ1) is 0. The molecule has 8 heavy (non-hydrogen) atoms. The van der Waals surface area contributed by atoms with Gasteiger partial charge in [-0.1, -0.05) is 0 Å². The van der Waals surface area contributed by atoms with Crippen molar-refractivity contribution in [2.75, 3.05) is 0 Å². The van der Waals surface area contributed by atoms with E-state index in [-0.39, 0.29) is 149 Å². The Hall–Kier alpha value is 4.22. The Balaban J connectivity index is 0. The van der Waals surface area contributed by atoms with E-state index in [1.807, 2.05) is 0 Å². The predicted molar refractivity (Wildman–Crippen MR) is 0 cm³/mol. The van der Waals surface area contributed by atoms with Gasteiger partial charge in [0.15, 0.2) is 0 Å². The molecule has 0 nitrogen and oxygen atoms in total. The summed E-state index contributed by atoms with van der Waals surface area (Å²) in [5, 5.41) is 0. The van der Waals surface area contributed by atoms with Crippen LogP contribution in [0.1, 0.15) is 0 Å². The minimum absolute atomic E-state index is 0. The average molecular weight is 442 g/mol. The molecule has 0 saturated heterocycles. The maximum atomic E-state index is 0. The van der Waals surface area contributed by atoms with Crippen LogP contribution in [0.15, 0.2) is 0 Å². The van der Waals surface area contributed by atoms with Crippen molar-refractivity contribution in [3.63, 3.8) is 0 Å². The zero-order valence-electron chi connectivity index (χ0n) is 3.35. The zero-order valence-corrected chi connectivity index (χ0v) is 13.9. The molecule has 0 bridgehead atoms. The second-order valence-electron chi connectivity index (χ2n) is 0. The molecule has 49 valence electrons. The van der Waals surface area contributed by atoms with E-state index in [9.17, 15) is 0 Å². The summed E-state index contributed by atoms with van der Waals surface area (Å²) >= 11 is 0. The van der Waals surface area contributed by atoms with Crippen LogP contribution < -0.4 is 74.4 Å². The van der Waals surface area contributed by atoms with E-state index in [2.05, 4.69) is 0 Å². The Bertz CT molecular complexity index is 8.49. The molecule has 0 N–H and O–H groups in total. The zero-order chi connectivity index (χ0) is 0. The molecule has 0 saturated carbocycles. The van der Waals surface area contributed by atoms with Gasteiger partial charge in [-0.3, -0.25) is 0 Å². The van der Waals surface area contributed by atoms with Crippen LogP contribution in [-0.4, -0.2) is 0 Å². The van der Waals surface area contributed by atoms with E-state index in [1.54, 1.807) is 0 Å². The Morgan fingerprint density at radius 2 is 0.375 bits per heavy atom.